The molecule has 0 fully saturated rings. The molecule has 70 valence electrons. The van der Waals surface area contributed by atoms with E-state index in [0.29, 0.717) is 6.54 Å². The smallest absolute Gasteiger partial charge is 0.197 e. The van der Waals surface area contributed by atoms with Crippen LogP contribution in [0.4, 0.5) is 0 Å². The van der Waals surface area contributed by atoms with E-state index in [1.807, 2.05) is 24.3 Å². The Balaban J connectivity index is 2.53. The molecule has 0 atom stereocenters. The van der Waals surface area contributed by atoms with Crippen molar-refractivity contribution in [2.45, 2.75) is 6.42 Å². The first kappa shape index (κ1) is 10.2. The molecule has 0 saturated carbocycles. The molecule has 0 aliphatic rings. The molecule has 3 nitrogen and oxygen atoms in total. The minimum atomic E-state index is 0.00369. The summed E-state index contributed by atoms with van der Waals surface area (Å²) in [5.41, 5.74) is 6.59. The van der Waals surface area contributed by atoms with Crippen LogP contribution in [0.25, 0.3) is 0 Å². The van der Waals surface area contributed by atoms with Gasteiger partial charge in [-0.1, -0.05) is 12.1 Å². The first-order chi connectivity index (χ1) is 6.36. The van der Waals surface area contributed by atoms with Crippen LogP contribution in [0.5, 0.6) is 5.75 Å². The minimum Gasteiger partial charge on any atom is -0.481 e. The zero-order valence-electron chi connectivity index (χ0n) is 7.27. The quantitative estimate of drug-likeness (QED) is 0.732. The summed E-state index contributed by atoms with van der Waals surface area (Å²) in [6, 6.07) is 7.64. The van der Waals surface area contributed by atoms with Crippen LogP contribution < -0.4 is 10.5 Å². The van der Waals surface area contributed by atoms with Gasteiger partial charge in [-0.15, -0.1) is 0 Å². The van der Waals surface area contributed by atoms with Crippen molar-refractivity contribution in [1.82, 2.24) is 0 Å². The van der Waals surface area contributed by atoms with E-state index in [1.54, 1.807) is 0 Å². The van der Waals surface area contributed by atoms with Crippen molar-refractivity contribution in [1.29, 1.82) is 0 Å². The second-order valence-corrected chi connectivity index (χ2v) is 3.10. The fraction of sp³-hybridized carbons (Fsp3) is 0.333. The predicted molar refractivity (Wildman–Crippen MR) is 52.3 cm³/mol. The predicted octanol–water partition coefficient (Wildman–Crippen LogP) is 1.82. The molecular formula is C9H12NO2P. The van der Waals surface area contributed by atoms with Gasteiger partial charge in [0.25, 0.3) is 0 Å². The summed E-state index contributed by atoms with van der Waals surface area (Å²) in [5, 5.41) is 0. The SMILES string of the molecule is NCCc1ccc(OCP=O)cc1. The number of ether oxygens (including phenoxy) is 1. The lowest BCUT2D eigenvalue weighted by Gasteiger charge is -2.02. The minimum absolute atomic E-state index is 0.00369. The van der Waals surface area contributed by atoms with Gasteiger partial charge >= 0.3 is 0 Å². The molecule has 0 aromatic heterocycles. The molecule has 0 saturated heterocycles. The van der Waals surface area contributed by atoms with Crippen LogP contribution in [0.1, 0.15) is 5.56 Å². The van der Waals surface area contributed by atoms with Gasteiger partial charge in [-0.25, -0.2) is 0 Å². The highest BCUT2D eigenvalue weighted by Gasteiger charge is 1.94. The Kier molecular flexibility index (Phi) is 4.44. The summed E-state index contributed by atoms with van der Waals surface area (Å²) < 4.78 is 15.2. The van der Waals surface area contributed by atoms with E-state index >= 15 is 0 Å². The van der Waals surface area contributed by atoms with E-state index < -0.39 is 0 Å². The molecule has 0 radical (unpaired) electrons. The molecule has 13 heavy (non-hydrogen) atoms. The molecule has 0 spiro atoms. The third-order valence-electron chi connectivity index (χ3n) is 1.64. The van der Waals surface area contributed by atoms with Gasteiger partial charge in [0.1, 0.15) is 5.75 Å². The Labute approximate surface area is 79.1 Å². The highest BCUT2D eigenvalue weighted by molar-refractivity contribution is 7.23. The topological polar surface area (TPSA) is 52.3 Å². The molecule has 0 unspecified atom stereocenters. The van der Waals surface area contributed by atoms with Crippen molar-refractivity contribution in [3.05, 3.63) is 29.8 Å². The molecular weight excluding hydrogens is 185 g/mol. The van der Waals surface area contributed by atoms with Crippen molar-refractivity contribution < 1.29 is 9.30 Å². The highest BCUT2D eigenvalue weighted by atomic mass is 31.1. The van der Waals surface area contributed by atoms with E-state index in [0.717, 1.165) is 12.2 Å². The van der Waals surface area contributed by atoms with Crippen LogP contribution >= 0.6 is 8.46 Å². The van der Waals surface area contributed by atoms with Gasteiger partial charge in [-0.2, -0.15) is 0 Å². The first-order valence-corrected chi connectivity index (χ1v) is 5.07. The molecule has 1 aromatic carbocycles. The number of nitrogens with two attached hydrogens (primary N) is 1. The van der Waals surface area contributed by atoms with Crippen LogP contribution in [0.3, 0.4) is 0 Å². The number of rotatable bonds is 5. The molecule has 1 rings (SSSR count). The van der Waals surface area contributed by atoms with Crippen molar-refractivity contribution in [2.24, 2.45) is 5.73 Å². The van der Waals surface area contributed by atoms with Crippen molar-refractivity contribution in [3.63, 3.8) is 0 Å². The number of benzene rings is 1. The lowest BCUT2D eigenvalue weighted by Crippen LogP contribution is -2.02. The van der Waals surface area contributed by atoms with Crippen LogP contribution in [-0.2, 0) is 11.0 Å². The molecule has 0 amide bonds. The normalized spacial score (nSPS) is 10.2. The fourth-order valence-corrected chi connectivity index (χ4v) is 1.22. The maximum atomic E-state index is 10.1. The van der Waals surface area contributed by atoms with Crippen molar-refractivity contribution in [2.75, 3.05) is 12.9 Å². The van der Waals surface area contributed by atoms with Crippen LogP contribution in [-0.4, -0.2) is 12.9 Å². The standard InChI is InChI=1S/C9H12NO2P/c10-6-5-8-1-3-9(4-2-8)12-7-13-11/h1-4H,5-7,10H2. The van der Waals surface area contributed by atoms with Gasteiger partial charge in [0, 0.05) is 0 Å². The average Bonchev–Trinajstić information content (AvgIpc) is 2.17. The summed E-state index contributed by atoms with van der Waals surface area (Å²) >= 11 is 0. The van der Waals surface area contributed by atoms with Crippen molar-refractivity contribution in [3.8, 4) is 5.75 Å². The number of hydrogen-bond acceptors (Lipinski definition) is 3. The van der Waals surface area contributed by atoms with E-state index in [9.17, 15) is 4.57 Å². The zero-order valence-corrected chi connectivity index (χ0v) is 8.17. The third-order valence-corrected chi connectivity index (χ3v) is 1.87. The lowest BCUT2D eigenvalue weighted by atomic mass is 10.1. The summed E-state index contributed by atoms with van der Waals surface area (Å²) in [7, 11) is 0.00369. The zero-order chi connectivity index (χ0) is 9.52. The summed E-state index contributed by atoms with van der Waals surface area (Å²) in [4.78, 5) is 0. The second kappa shape index (κ2) is 5.68. The van der Waals surface area contributed by atoms with E-state index in [-0.39, 0.29) is 14.8 Å². The van der Waals surface area contributed by atoms with Crippen LogP contribution in [0.15, 0.2) is 24.3 Å². The van der Waals surface area contributed by atoms with Gasteiger partial charge in [-0.05, 0) is 30.7 Å². The van der Waals surface area contributed by atoms with E-state index in [2.05, 4.69) is 0 Å². The third kappa shape index (κ3) is 3.53. The molecule has 4 heteroatoms. The van der Waals surface area contributed by atoms with E-state index in [4.69, 9.17) is 10.5 Å². The molecule has 1 aromatic rings. The van der Waals surface area contributed by atoms with Gasteiger partial charge in [0.2, 0.25) is 0 Å². The fourth-order valence-electron chi connectivity index (χ4n) is 1.02. The largest absolute Gasteiger partial charge is 0.481 e. The summed E-state index contributed by atoms with van der Waals surface area (Å²) in [6.45, 7) is 0.652. The Bertz CT molecular complexity index is 261. The maximum Gasteiger partial charge on any atom is 0.197 e. The average molecular weight is 197 g/mol. The van der Waals surface area contributed by atoms with Gasteiger partial charge in [0.05, 0.1) is 0 Å². The van der Waals surface area contributed by atoms with Crippen molar-refractivity contribution >= 4 is 8.46 Å². The van der Waals surface area contributed by atoms with Gasteiger partial charge in [-0.3, -0.25) is 4.57 Å². The van der Waals surface area contributed by atoms with Gasteiger partial charge in [0.15, 0.2) is 14.8 Å². The Morgan fingerprint density at radius 3 is 2.54 bits per heavy atom. The Hall–Kier alpha value is -0.920. The Morgan fingerprint density at radius 1 is 1.31 bits per heavy atom. The highest BCUT2D eigenvalue weighted by Crippen LogP contribution is 2.13. The molecule has 0 aliphatic carbocycles. The maximum absolute atomic E-state index is 10.1. The van der Waals surface area contributed by atoms with E-state index in [1.165, 1.54) is 5.56 Å². The Morgan fingerprint density at radius 2 is 2.00 bits per heavy atom. The monoisotopic (exact) mass is 197 g/mol. The van der Waals surface area contributed by atoms with Crippen LogP contribution in [0, 0.1) is 0 Å². The summed E-state index contributed by atoms with van der Waals surface area (Å²) in [5.74, 6) is 0.740. The molecule has 0 bridgehead atoms. The van der Waals surface area contributed by atoms with Crippen LogP contribution in [0.2, 0.25) is 0 Å². The molecule has 0 aliphatic heterocycles. The molecule has 2 N–H and O–H groups in total. The summed E-state index contributed by atoms with van der Waals surface area (Å²) in [6.07, 6.45) is 1.08. The first-order valence-electron chi connectivity index (χ1n) is 4.07. The van der Waals surface area contributed by atoms with Gasteiger partial charge < -0.3 is 10.5 Å². The second-order valence-electron chi connectivity index (χ2n) is 2.59. The molecule has 0 heterocycles. The lowest BCUT2D eigenvalue weighted by molar-refractivity contribution is 0.384. The number of hydrogen-bond donors (Lipinski definition) is 1.